The summed E-state index contributed by atoms with van der Waals surface area (Å²) in [7, 11) is 0. The standard InChI is InChI=1S/C54H100N2O3/c1-4-7-10-13-16-19-22-25-27-29-32-35-38-41-46-55-53(57)50-44-45-51(52(49-50)59-48-43-40-37-34-31-24-21-18-15-12-9-6-3)54(58)56-47-42-39-36-33-30-28-26-23-20-17-14-11-8-5-2/h44-45,49H,4-43,46-48H2,1-3H3,(H,55,57)(H,56,58). The molecule has 2 amide bonds. The lowest BCUT2D eigenvalue weighted by Gasteiger charge is -2.14. The summed E-state index contributed by atoms with van der Waals surface area (Å²) in [5, 5.41) is 6.27. The van der Waals surface area contributed by atoms with Gasteiger partial charge in [-0.3, -0.25) is 9.59 Å². The smallest absolute Gasteiger partial charge is 0.255 e. The molecule has 2 N–H and O–H groups in total. The molecule has 1 aromatic carbocycles. The van der Waals surface area contributed by atoms with E-state index in [-0.39, 0.29) is 11.8 Å². The van der Waals surface area contributed by atoms with E-state index >= 15 is 0 Å². The first-order valence-electron chi connectivity index (χ1n) is 26.5. The summed E-state index contributed by atoms with van der Waals surface area (Å²) in [6.45, 7) is 8.78. The minimum atomic E-state index is -0.0984. The maximum atomic E-state index is 13.4. The van der Waals surface area contributed by atoms with Crippen molar-refractivity contribution in [3.05, 3.63) is 29.3 Å². The van der Waals surface area contributed by atoms with Crippen LogP contribution in [0.5, 0.6) is 5.75 Å². The van der Waals surface area contributed by atoms with Crippen LogP contribution in [-0.4, -0.2) is 31.5 Å². The lowest BCUT2D eigenvalue weighted by Crippen LogP contribution is -2.26. The second kappa shape index (κ2) is 44.0. The summed E-state index contributed by atoms with van der Waals surface area (Å²) in [4.78, 5) is 26.5. The van der Waals surface area contributed by atoms with Gasteiger partial charge in [-0.1, -0.05) is 258 Å². The Morgan fingerprint density at radius 1 is 0.373 bits per heavy atom. The highest BCUT2D eigenvalue weighted by Gasteiger charge is 2.16. The maximum Gasteiger partial charge on any atom is 0.255 e. The van der Waals surface area contributed by atoms with Crippen molar-refractivity contribution in [3.8, 4) is 5.75 Å². The Labute approximate surface area is 367 Å². The van der Waals surface area contributed by atoms with E-state index in [1.54, 1.807) is 18.2 Å². The number of hydrogen-bond donors (Lipinski definition) is 2. The first-order chi connectivity index (χ1) is 29.1. The molecule has 5 nitrogen and oxygen atoms in total. The predicted molar refractivity (Wildman–Crippen MR) is 258 cm³/mol. The largest absolute Gasteiger partial charge is 0.493 e. The Morgan fingerprint density at radius 2 is 0.661 bits per heavy atom. The monoisotopic (exact) mass is 825 g/mol. The molecular formula is C54H100N2O3. The molecule has 0 bridgehead atoms. The summed E-state index contributed by atoms with van der Waals surface area (Å²) >= 11 is 0. The third-order valence-corrected chi connectivity index (χ3v) is 12.4. The van der Waals surface area contributed by atoms with Gasteiger partial charge in [0.2, 0.25) is 0 Å². The average molecular weight is 825 g/mol. The highest BCUT2D eigenvalue weighted by molar-refractivity contribution is 6.00. The van der Waals surface area contributed by atoms with E-state index in [4.69, 9.17) is 4.74 Å². The van der Waals surface area contributed by atoms with E-state index in [0.29, 0.717) is 36.6 Å². The molecule has 0 aliphatic rings. The van der Waals surface area contributed by atoms with Crippen molar-refractivity contribution in [2.45, 2.75) is 278 Å². The van der Waals surface area contributed by atoms with Gasteiger partial charge in [-0.15, -0.1) is 0 Å². The summed E-state index contributed by atoms with van der Waals surface area (Å²) in [5.74, 6) is 0.360. The van der Waals surface area contributed by atoms with Gasteiger partial charge < -0.3 is 15.4 Å². The third-order valence-electron chi connectivity index (χ3n) is 12.4. The normalized spacial score (nSPS) is 11.3. The van der Waals surface area contributed by atoms with Crippen LogP contribution < -0.4 is 15.4 Å². The van der Waals surface area contributed by atoms with E-state index in [1.807, 2.05) is 0 Å². The molecule has 0 heterocycles. The number of benzene rings is 1. The van der Waals surface area contributed by atoms with Crippen molar-refractivity contribution in [1.82, 2.24) is 10.6 Å². The number of carbonyl (C=O) groups is 2. The van der Waals surface area contributed by atoms with Gasteiger partial charge in [0.1, 0.15) is 5.75 Å². The van der Waals surface area contributed by atoms with Crippen molar-refractivity contribution >= 4 is 11.8 Å². The molecule has 0 aliphatic heterocycles. The van der Waals surface area contributed by atoms with Crippen LogP contribution in [0.3, 0.4) is 0 Å². The molecule has 0 aromatic heterocycles. The van der Waals surface area contributed by atoms with Gasteiger partial charge in [0.05, 0.1) is 12.2 Å². The molecule has 1 rings (SSSR count). The molecule has 1 aromatic rings. The fourth-order valence-corrected chi connectivity index (χ4v) is 8.34. The number of ether oxygens (including phenoxy) is 1. The first kappa shape index (κ1) is 55.0. The van der Waals surface area contributed by atoms with Crippen LogP contribution in [0.4, 0.5) is 0 Å². The van der Waals surface area contributed by atoms with Crippen molar-refractivity contribution in [3.63, 3.8) is 0 Å². The third kappa shape index (κ3) is 35.3. The number of amides is 2. The summed E-state index contributed by atoms with van der Waals surface area (Å²) in [6, 6.07) is 5.38. The molecule has 0 unspecified atom stereocenters. The predicted octanol–water partition coefficient (Wildman–Crippen LogP) is 17.2. The van der Waals surface area contributed by atoms with Gasteiger partial charge in [0, 0.05) is 18.7 Å². The minimum Gasteiger partial charge on any atom is -0.493 e. The molecule has 0 aliphatic carbocycles. The number of carbonyl (C=O) groups excluding carboxylic acids is 2. The lowest BCUT2D eigenvalue weighted by atomic mass is 10.0. The van der Waals surface area contributed by atoms with Crippen LogP contribution >= 0.6 is 0 Å². The number of unbranched alkanes of at least 4 members (excludes halogenated alkanes) is 37. The summed E-state index contributed by atoms with van der Waals surface area (Å²) < 4.78 is 6.26. The number of nitrogens with one attached hydrogen (secondary N) is 2. The molecule has 0 radical (unpaired) electrons. The maximum absolute atomic E-state index is 13.4. The van der Waals surface area contributed by atoms with Gasteiger partial charge in [-0.25, -0.2) is 0 Å². The zero-order valence-electron chi connectivity index (χ0n) is 39.9. The summed E-state index contributed by atoms with van der Waals surface area (Å²) in [6.07, 6.45) is 52.7. The average Bonchev–Trinajstić information content (AvgIpc) is 3.25. The molecule has 59 heavy (non-hydrogen) atoms. The molecule has 0 saturated heterocycles. The molecule has 5 heteroatoms. The van der Waals surface area contributed by atoms with E-state index in [9.17, 15) is 9.59 Å². The van der Waals surface area contributed by atoms with E-state index in [0.717, 1.165) is 38.5 Å². The second-order valence-electron chi connectivity index (χ2n) is 18.2. The Morgan fingerprint density at radius 3 is 1.00 bits per heavy atom. The molecule has 0 spiro atoms. The van der Waals surface area contributed by atoms with E-state index in [2.05, 4.69) is 31.4 Å². The molecule has 0 atom stereocenters. The fourth-order valence-electron chi connectivity index (χ4n) is 8.34. The lowest BCUT2D eigenvalue weighted by molar-refractivity contribution is 0.0937. The second-order valence-corrected chi connectivity index (χ2v) is 18.2. The minimum absolute atomic E-state index is 0.0794. The van der Waals surface area contributed by atoms with Crippen LogP contribution in [0.1, 0.15) is 298 Å². The fraction of sp³-hybridized carbons (Fsp3) is 0.852. The highest BCUT2D eigenvalue weighted by Crippen LogP contribution is 2.23. The first-order valence-corrected chi connectivity index (χ1v) is 26.5. The molecular weight excluding hydrogens is 725 g/mol. The number of hydrogen-bond acceptors (Lipinski definition) is 3. The van der Waals surface area contributed by atoms with Crippen molar-refractivity contribution < 1.29 is 14.3 Å². The Bertz CT molecular complexity index is 1060. The van der Waals surface area contributed by atoms with Crippen LogP contribution in [0.25, 0.3) is 0 Å². The summed E-state index contributed by atoms with van der Waals surface area (Å²) in [5.41, 5.74) is 1.11. The van der Waals surface area contributed by atoms with Crippen LogP contribution in [-0.2, 0) is 0 Å². The van der Waals surface area contributed by atoms with Gasteiger partial charge >= 0.3 is 0 Å². The van der Waals surface area contributed by atoms with Crippen LogP contribution in [0.2, 0.25) is 0 Å². The Kier molecular flexibility index (Phi) is 41.0. The van der Waals surface area contributed by atoms with Crippen molar-refractivity contribution in [1.29, 1.82) is 0 Å². The van der Waals surface area contributed by atoms with Gasteiger partial charge in [-0.05, 0) is 37.5 Å². The van der Waals surface area contributed by atoms with E-state index in [1.165, 1.54) is 218 Å². The van der Waals surface area contributed by atoms with E-state index < -0.39 is 0 Å². The molecule has 344 valence electrons. The van der Waals surface area contributed by atoms with Gasteiger partial charge in [0.15, 0.2) is 0 Å². The topological polar surface area (TPSA) is 67.4 Å². The van der Waals surface area contributed by atoms with Gasteiger partial charge in [0.25, 0.3) is 11.8 Å². The van der Waals surface area contributed by atoms with Crippen molar-refractivity contribution in [2.75, 3.05) is 19.7 Å². The Hall–Kier alpha value is -2.04. The zero-order chi connectivity index (χ0) is 42.5. The van der Waals surface area contributed by atoms with Crippen LogP contribution in [0.15, 0.2) is 18.2 Å². The van der Waals surface area contributed by atoms with Gasteiger partial charge in [-0.2, -0.15) is 0 Å². The zero-order valence-corrected chi connectivity index (χ0v) is 39.9. The Balaban J connectivity index is 2.40. The highest BCUT2D eigenvalue weighted by atomic mass is 16.5. The number of rotatable bonds is 46. The van der Waals surface area contributed by atoms with Crippen LogP contribution in [0, 0.1) is 0 Å². The molecule has 0 saturated carbocycles. The van der Waals surface area contributed by atoms with Crippen molar-refractivity contribution in [2.24, 2.45) is 0 Å². The quantitative estimate of drug-likeness (QED) is 0.0644. The SMILES string of the molecule is CCCCCCCCCCCCCCCCNC(=O)c1ccc(C(=O)NCCCCCCCCCCCCCCCC)c(OCCCCCCCCCCCCCC)c1. The molecule has 0 fully saturated rings.